The number of allylic oxidation sites excluding steroid dienone is 2. The van der Waals surface area contributed by atoms with E-state index in [-0.39, 0.29) is 0 Å². The first-order chi connectivity index (χ1) is 9.52. The average molecular weight is 294 g/mol. The van der Waals surface area contributed by atoms with Crippen LogP contribution in [-0.2, 0) is 6.42 Å². The summed E-state index contributed by atoms with van der Waals surface area (Å²) in [4.78, 5) is 2.40. The number of nitrogens with zero attached hydrogens (tertiary/aromatic N) is 1. The molecule has 0 fully saturated rings. The van der Waals surface area contributed by atoms with Crippen LogP contribution in [-0.4, -0.2) is 32.1 Å². The summed E-state index contributed by atoms with van der Waals surface area (Å²) < 4.78 is 5.35. The Morgan fingerprint density at radius 2 is 2.20 bits per heavy atom. The third-order valence-electron chi connectivity index (χ3n) is 3.99. The van der Waals surface area contributed by atoms with E-state index >= 15 is 0 Å². The normalized spacial score (nSPS) is 19.1. The van der Waals surface area contributed by atoms with Gasteiger partial charge in [0.25, 0.3) is 0 Å². The second-order valence-electron chi connectivity index (χ2n) is 5.88. The van der Waals surface area contributed by atoms with Crippen LogP contribution >= 0.6 is 11.6 Å². The van der Waals surface area contributed by atoms with E-state index < -0.39 is 0 Å². The van der Waals surface area contributed by atoms with Gasteiger partial charge in [0.2, 0.25) is 0 Å². The second-order valence-corrected chi connectivity index (χ2v) is 6.25. The summed E-state index contributed by atoms with van der Waals surface area (Å²) in [6.45, 7) is 6.44. The maximum Gasteiger partial charge on any atom is 0.137 e. The van der Waals surface area contributed by atoms with Crippen LogP contribution in [0.1, 0.15) is 37.3 Å². The van der Waals surface area contributed by atoms with E-state index in [1.807, 2.05) is 6.07 Å². The fourth-order valence-electron chi connectivity index (χ4n) is 2.86. The van der Waals surface area contributed by atoms with E-state index in [1.54, 1.807) is 7.11 Å². The van der Waals surface area contributed by atoms with Gasteiger partial charge in [-0.15, -0.1) is 0 Å². The SMILES string of the molecule is COc1ccc2c(c1Cl)CCN(C)CC2CC=C(C)C. The second kappa shape index (κ2) is 6.64. The van der Waals surface area contributed by atoms with E-state index in [0.29, 0.717) is 5.92 Å². The number of ether oxygens (including phenoxy) is 1. The average Bonchev–Trinajstić information content (AvgIpc) is 2.57. The Hall–Kier alpha value is -0.990. The van der Waals surface area contributed by atoms with Crippen LogP contribution in [0.4, 0.5) is 0 Å². The molecule has 0 aliphatic carbocycles. The molecule has 0 saturated carbocycles. The molecule has 0 aromatic heterocycles. The molecule has 1 heterocycles. The molecule has 1 atom stereocenters. The summed E-state index contributed by atoms with van der Waals surface area (Å²) in [5.41, 5.74) is 4.03. The lowest BCUT2D eigenvalue weighted by molar-refractivity contribution is 0.325. The molecule has 0 bridgehead atoms. The van der Waals surface area contributed by atoms with Crippen molar-refractivity contribution in [3.8, 4) is 5.75 Å². The fraction of sp³-hybridized carbons (Fsp3) is 0.529. The van der Waals surface area contributed by atoms with Crippen LogP contribution in [0.2, 0.25) is 5.02 Å². The third kappa shape index (κ3) is 3.36. The van der Waals surface area contributed by atoms with Gasteiger partial charge in [-0.05, 0) is 50.9 Å². The molecule has 2 nitrogen and oxygen atoms in total. The van der Waals surface area contributed by atoms with Crippen LogP contribution in [0.3, 0.4) is 0 Å². The van der Waals surface area contributed by atoms with Crippen molar-refractivity contribution in [3.05, 3.63) is 39.9 Å². The lowest BCUT2D eigenvalue weighted by atomic mass is 9.90. The molecule has 0 N–H and O–H groups in total. The third-order valence-corrected chi connectivity index (χ3v) is 4.40. The number of fused-ring (bicyclic) bond motifs is 1. The Bertz CT molecular complexity index is 506. The molecular formula is C17H24ClNO. The molecule has 2 rings (SSSR count). The van der Waals surface area contributed by atoms with Gasteiger partial charge in [-0.2, -0.15) is 0 Å². The number of hydrogen-bond donors (Lipinski definition) is 0. The first-order valence-corrected chi connectivity index (χ1v) is 7.58. The maximum atomic E-state index is 6.52. The van der Waals surface area contributed by atoms with Crippen molar-refractivity contribution in [1.82, 2.24) is 4.90 Å². The van der Waals surface area contributed by atoms with Crippen LogP contribution in [0.25, 0.3) is 0 Å². The summed E-state index contributed by atoms with van der Waals surface area (Å²) in [5, 5.41) is 0.794. The van der Waals surface area contributed by atoms with Crippen LogP contribution < -0.4 is 4.74 Å². The Balaban J connectivity index is 2.40. The zero-order chi connectivity index (χ0) is 14.7. The molecule has 0 spiro atoms. The van der Waals surface area contributed by atoms with E-state index in [4.69, 9.17) is 16.3 Å². The standard InChI is InChI=1S/C17H24ClNO/c1-12(2)5-6-13-11-19(3)10-9-15-14(13)7-8-16(20-4)17(15)18/h5,7-8,13H,6,9-11H2,1-4H3. The van der Waals surface area contributed by atoms with E-state index in [1.165, 1.54) is 16.7 Å². The number of rotatable bonds is 3. The van der Waals surface area contributed by atoms with Crippen molar-refractivity contribution in [2.75, 3.05) is 27.2 Å². The Kier molecular flexibility index (Phi) is 5.11. The summed E-state index contributed by atoms with van der Waals surface area (Å²) in [6, 6.07) is 4.20. The molecule has 20 heavy (non-hydrogen) atoms. The van der Waals surface area contributed by atoms with Crippen molar-refractivity contribution < 1.29 is 4.74 Å². The smallest absolute Gasteiger partial charge is 0.137 e. The summed E-state index contributed by atoms with van der Waals surface area (Å²) >= 11 is 6.52. The van der Waals surface area contributed by atoms with Gasteiger partial charge < -0.3 is 9.64 Å². The lowest BCUT2D eigenvalue weighted by Crippen LogP contribution is -2.23. The molecule has 0 radical (unpaired) electrons. The Labute approximate surface area is 127 Å². The van der Waals surface area contributed by atoms with Gasteiger partial charge in [0.1, 0.15) is 5.75 Å². The molecule has 1 aromatic carbocycles. The number of hydrogen-bond acceptors (Lipinski definition) is 2. The molecule has 0 amide bonds. The molecule has 1 aliphatic heterocycles. The van der Waals surface area contributed by atoms with Crippen molar-refractivity contribution in [2.24, 2.45) is 0 Å². The summed E-state index contributed by atoms with van der Waals surface area (Å²) in [7, 11) is 3.86. The molecule has 0 saturated heterocycles. The zero-order valence-electron chi connectivity index (χ0n) is 12.9. The molecule has 110 valence electrons. The van der Waals surface area contributed by atoms with Gasteiger partial charge in [-0.3, -0.25) is 0 Å². The molecule has 1 aliphatic rings. The Morgan fingerprint density at radius 3 is 2.85 bits per heavy atom. The molecule has 1 unspecified atom stereocenters. The van der Waals surface area contributed by atoms with Gasteiger partial charge in [0.05, 0.1) is 12.1 Å². The highest BCUT2D eigenvalue weighted by Crippen LogP contribution is 2.37. The molecular weight excluding hydrogens is 270 g/mol. The number of benzene rings is 1. The number of halogens is 1. The fourth-order valence-corrected chi connectivity index (χ4v) is 3.20. The summed E-state index contributed by atoms with van der Waals surface area (Å²) in [6.07, 6.45) is 4.39. The van der Waals surface area contributed by atoms with Crippen LogP contribution in [0, 0.1) is 0 Å². The molecule has 1 aromatic rings. The zero-order valence-corrected chi connectivity index (χ0v) is 13.6. The minimum absolute atomic E-state index is 0.510. The quantitative estimate of drug-likeness (QED) is 0.772. The maximum absolute atomic E-state index is 6.52. The van der Waals surface area contributed by atoms with Gasteiger partial charge in [-0.25, -0.2) is 0 Å². The number of likely N-dealkylation sites (N-methyl/N-ethyl adjacent to an activating group) is 1. The minimum Gasteiger partial charge on any atom is -0.495 e. The first-order valence-electron chi connectivity index (χ1n) is 7.20. The van der Waals surface area contributed by atoms with Crippen molar-refractivity contribution >= 4 is 11.6 Å². The predicted molar refractivity (Wildman–Crippen MR) is 86.0 cm³/mol. The topological polar surface area (TPSA) is 12.5 Å². The van der Waals surface area contributed by atoms with Crippen LogP contribution in [0.5, 0.6) is 5.75 Å². The van der Waals surface area contributed by atoms with E-state index in [2.05, 4.69) is 37.9 Å². The van der Waals surface area contributed by atoms with Crippen LogP contribution in [0.15, 0.2) is 23.8 Å². The Morgan fingerprint density at radius 1 is 1.45 bits per heavy atom. The largest absolute Gasteiger partial charge is 0.495 e. The highest BCUT2D eigenvalue weighted by molar-refractivity contribution is 6.33. The minimum atomic E-state index is 0.510. The first kappa shape index (κ1) is 15.4. The summed E-state index contributed by atoms with van der Waals surface area (Å²) in [5.74, 6) is 1.30. The van der Waals surface area contributed by atoms with Gasteiger partial charge >= 0.3 is 0 Å². The predicted octanol–water partition coefficient (Wildman–Crippen LogP) is 4.28. The van der Waals surface area contributed by atoms with Gasteiger partial charge in [0, 0.05) is 19.0 Å². The van der Waals surface area contributed by atoms with E-state index in [0.717, 1.165) is 36.7 Å². The van der Waals surface area contributed by atoms with Gasteiger partial charge in [-0.1, -0.05) is 29.3 Å². The van der Waals surface area contributed by atoms with Gasteiger partial charge in [0.15, 0.2) is 0 Å². The lowest BCUT2D eigenvalue weighted by Gasteiger charge is -2.21. The van der Waals surface area contributed by atoms with Crippen molar-refractivity contribution in [2.45, 2.75) is 32.6 Å². The monoisotopic (exact) mass is 293 g/mol. The highest BCUT2D eigenvalue weighted by atomic mass is 35.5. The van der Waals surface area contributed by atoms with E-state index in [9.17, 15) is 0 Å². The number of methoxy groups -OCH3 is 1. The molecule has 3 heteroatoms. The van der Waals surface area contributed by atoms with Crippen molar-refractivity contribution in [1.29, 1.82) is 0 Å². The highest BCUT2D eigenvalue weighted by Gasteiger charge is 2.23. The van der Waals surface area contributed by atoms with Crippen molar-refractivity contribution in [3.63, 3.8) is 0 Å².